The second-order valence-corrected chi connectivity index (χ2v) is 10.7. The second-order valence-electron chi connectivity index (χ2n) is 8.39. The van der Waals surface area contributed by atoms with Crippen molar-refractivity contribution >= 4 is 44.2 Å². The van der Waals surface area contributed by atoms with Crippen LogP contribution in [0.3, 0.4) is 0 Å². The van der Waals surface area contributed by atoms with Crippen LogP contribution >= 0.6 is 11.6 Å². The maximum absolute atomic E-state index is 13.7. The summed E-state index contributed by atoms with van der Waals surface area (Å²) < 4.78 is 40.1. The van der Waals surface area contributed by atoms with Gasteiger partial charge in [0, 0.05) is 23.6 Å². The van der Waals surface area contributed by atoms with E-state index in [0.717, 1.165) is 21.1 Å². The minimum absolute atomic E-state index is 0.0249. The first-order chi connectivity index (χ1) is 17.0. The molecule has 0 saturated carbocycles. The zero-order valence-electron chi connectivity index (χ0n) is 20.1. The van der Waals surface area contributed by atoms with Crippen molar-refractivity contribution in [2.45, 2.75) is 25.2 Å². The smallest absolute Gasteiger partial charge is 0.307 e. The number of benzene rings is 3. The van der Waals surface area contributed by atoms with Crippen LogP contribution in [-0.2, 0) is 21.2 Å². The van der Waals surface area contributed by atoms with Crippen molar-refractivity contribution in [2.24, 2.45) is 0 Å². The average molecular weight is 529 g/mol. The fraction of sp³-hybridized carbons (Fsp3) is 0.192. The van der Waals surface area contributed by atoms with E-state index in [1.165, 1.54) is 20.2 Å². The van der Waals surface area contributed by atoms with Gasteiger partial charge in [0.1, 0.15) is 10.6 Å². The number of halogens is 1. The minimum Gasteiger partial charge on any atom is -0.493 e. The Hall–Kier alpha value is -3.69. The number of nitrogens with one attached hydrogen (secondary N) is 1. The summed E-state index contributed by atoms with van der Waals surface area (Å²) in [5, 5.41) is 9.86. The van der Waals surface area contributed by atoms with Gasteiger partial charge < -0.3 is 19.6 Å². The highest BCUT2D eigenvalue weighted by Crippen LogP contribution is 2.43. The third kappa shape index (κ3) is 4.84. The van der Waals surface area contributed by atoms with E-state index in [4.69, 9.17) is 26.2 Å². The van der Waals surface area contributed by atoms with Crippen LogP contribution in [0.1, 0.15) is 16.8 Å². The molecule has 0 bridgehead atoms. The molecule has 0 saturated heterocycles. The highest BCUT2D eigenvalue weighted by Gasteiger charge is 2.29. The zero-order valence-corrected chi connectivity index (χ0v) is 21.7. The third-order valence-corrected chi connectivity index (χ3v) is 7.96. The van der Waals surface area contributed by atoms with Crippen molar-refractivity contribution in [2.75, 3.05) is 18.5 Å². The largest absolute Gasteiger partial charge is 0.493 e. The number of methoxy groups -OCH3 is 1. The molecule has 8 nitrogen and oxygen atoms in total. The van der Waals surface area contributed by atoms with Crippen LogP contribution < -0.4 is 13.8 Å². The molecule has 0 atom stereocenters. The number of aromatic nitrogens is 1. The first-order valence-corrected chi connectivity index (χ1v) is 12.8. The summed E-state index contributed by atoms with van der Waals surface area (Å²) in [5.74, 6) is -0.0845. The van der Waals surface area contributed by atoms with Gasteiger partial charge in [-0.15, -0.1) is 0 Å². The number of aryl methyl sites for hydroxylation is 2. The Morgan fingerprint density at radius 3 is 2.42 bits per heavy atom. The fourth-order valence-electron chi connectivity index (χ4n) is 4.00. The van der Waals surface area contributed by atoms with E-state index in [9.17, 15) is 13.2 Å². The Morgan fingerprint density at radius 2 is 1.75 bits per heavy atom. The number of hydrogen-bond donors (Lipinski definition) is 2. The molecular weight excluding hydrogens is 504 g/mol. The SMILES string of the molecule is COc1cc(CC(=O)O)ccc1Oc1ccc2[nH]c(C)cc2c1N(C)S(=O)(=O)c1ccc(C)cc1Cl. The summed E-state index contributed by atoms with van der Waals surface area (Å²) in [6.45, 7) is 3.70. The number of fused-ring (bicyclic) bond motifs is 1. The minimum atomic E-state index is -4.06. The number of anilines is 1. The summed E-state index contributed by atoms with van der Waals surface area (Å²) in [6, 6.07) is 14.9. The lowest BCUT2D eigenvalue weighted by Gasteiger charge is -2.24. The van der Waals surface area contributed by atoms with Crippen LogP contribution in [0.15, 0.2) is 59.5 Å². The molecule has 0 unspecified atom stereocenters. The summed E-state index contributed by atoms with van der Waals surface area (Å²) >= 11 is 6.33. The highest BCUT2D eigenvalue weighted by molar-refractivity contribution is 7.93. The van der Waals surface area contributed by atoms with Crippen LogP contribution in [-0.4, -0.2) is 38.6 Å². The molecule has 188 valence electrons. The quantitative estimate of drug-likeness (QED) is 0.304. The van der Waals surface area contributed by atoms with Crippen LogP contribution in [0.5, 0.6) is 17.2 Å². The first kappa shape index (κ1) is 25.4. The molecule has 4 rings (SSSR count). The Bertz CT molecular complexity index is 1580. The molecule has 36 heavy (non-hydrogen) atoms. The van der Waals surface area contributed by atoms with Gasteiger partial charge in [0.25, 0.3) is 10.0 Å². The molecule has 4 aromatic rings. The van der Waals surface area contributed by atoms with Gasteiger partial charge in [0.05, 0.1) is 18.6 Å². The van der Waals surface area contributed by atoms with E-state index in [2.05, 4.69) is 4.98 Å². The summed E-state index contributed by atoms with van der Waals surface area (Å²) in [6.07, 6.45) is -0.172. The highest BCUT2D eigenvalue weighted by atomic mass is 35.5. The van der Waals surface area contributed by atoms with Crippen molar-refractivity contribution in [3.8, 4) is 17.2 Å². The summed E-state index contributed by atoms with van der Waals surface area (Å²) in [5.41, 5.74) is 3.27. The molecule has 3 aromatic carbocycles. The Kier molecular flexibility index (Phi) is 6.88. The topological polar surface area (TPSA) is 109 Å². The number of ether oxygens (including phenoxy) is 2. The number of rotatable bonds is 8. The number of hydrogen-bond acceptors (Lipinski definition) is 5. The number of carboxylic acids is 1. The lowest BCUT2D eigenvalue weighted by molar-refractivity contribution is -0.136. The van der Waals surface area contributed by atoms with E-state index < -0.39 is 16.0 Å². The van der Waals surface area contributed by atoms with E-state index in [0.29, 0.717) is 28.1 Å². The Morgan fingerprint density at radius 1 is 1.03 bits per heavy atom. The molecule has 0 radical (unpaired) electrons. The number of sulfonamides is 1. The Balaban J connectivity index is 1.85. The first-order valence-electron chi connectivity index (χ1n) is 10.9. The van der Waals surface area contributed by atoms with Crippen molar-refractivity contribution in [1.29, 1.82) is 0 Å². The normalized spacial score (nSPS) is 11.5. The van der Waals surface area contributed by atoms with Crippen LogP contribution in [0.4, 0.5) is 5.69 Å². The maximum Gasteiger partial charge on any atom is 0.307 e. The van der Waals surface area contributed by atoms with E-state index in [1.54, 1.807) is 42.5 Å². The molecular formula is C26H25ClN2O6S. The van der Waals surface area contributed by atoms with Gasteiger partial charge in [-0.25, -0.2) is 8.42 Å². The van der Waals surface area contributed by atoms with E-state index in [-0.39, 0.29) is 22.1 Å². The number of aliphatic carboxylic acids is 1. The lowest BCUT2D eigenvalue weighted by Crippen LogP contribution is -2.27. The van der Waals surface area contributed by atoms with Crippen molar-refractivity contribution in [3.05, 3.63) is 76.4 Å². The van der Waals surface area contributed by atoms with Gasteiger partial charge in [-0.1, -0.05) is 23.7 Å². The van der Waals surface area contributed by atoms with Gasteiger partial charge in [-0.2, -0.15) is 0 Å². The monoisotopic (exact) mass is 528 g/mol. The molecule has 0 aliphatic heterocycles. The molecule has 0 aliphatic rings. The molecule has 0 aliphatic carbocycles. The standard InChI is InChI=1S/C26H25ClN2O6S/c1-15-5-10-24(19(27)11-15)36(32,33)29(3)26-18-12-16(2)28-20(18)7-9-22(26)35-21-8-6-17(14-25(30)31)13-23(21)34-4/h5-13,28H,14H2,1-4H3,(H,30,31). The van der Waals surface area contributed by atoms with Gasteiger partial charge in [0.15, 0.2) is 17.2 Å². The van der Waals surface area contributed by atoms with E-state index >= 15 is 0 Å². The fourth-order valence-corrected chi connectivity index (χ4v) is 5.79. The molecule has 2 N–H and O–H groups in total. The van der Waals surface area contributed by atoms with Crippen LogP contribution in [0.2, 0.25) is 5.02 Å². The third-order valence-electron chi connectivity index (χ3n) is 5.72. The van der Waals surface area contributed by atoms with Gasteiger partial charge in [0.2, 0.25) is 0 Å². The summed E-state index contributed by atoms with van der Waals surface area (Å²) in [4.78, 5) is 14.3. The lowest BCUT2D eigenvalue weighted by atomic mass is 10.1. The predicted molar refractivity (Wildman–Crippen MR) is 139 cm³/mol. The predicted octanol–water partition coefficient (Wildman–Crippen LogP) is 5.69. The zero-order chi connectivity index (χ0) is 26.2. The molecule has 0 fully saturated rings. The average Bonchev–Trinajstić information content (AvgIpc) is 3.19. The van der Waals surface area contributed by atoms with Crippen LogP contribution in [0, 0.1) is 13.8 Å². The van der Waals surface area contributed by atoms with Gasteiger partial charge in [-0.05, 0) is 67.4 Å². The molecule has 1 aromatic heterocycles. The second kappa shape index (κ2) is 9.75. The van der Waals surface area contributed by atoms with E-state index in [1.807, 2.05) is 19.9 Å². The number of carbonyl (C=O) groups is 1. The molecule has 0 amide bonds. The number of carboxylic acid groups (broad SMARTS) is 1. The van der Waals surface area contributed by atoms with Crippen LogP contribution in [0.25, 0.3) is 10.9 Å². The molecule has 0 spiro atoms. The van der Waals surface area contributed by atoms with Gasteiger partial charge in [-0.3, -0.25) is 9.10 Å². The van der Waals surface area contributed by atoms with Gasteiger partial charge >= 0.3 is 5.97 Å². The van der Waals surface area contributed by atoms with Crippen molar-refractivity contribution < 1.29 is 27.8 Å². The van der Waals surface area contributed by atoms with Crippen molar-refractivity contribution in [1.82, 2.24) is 4.98 Å². The number of H-pyrrole nitrogens is 1. The number of nitrogens with zero attached hydrogens (tertiary/aromatic N) is 1. The summed E-state index contributed by atoms with van der Waals surface area (Å²) in [7, 11) is -1.17. The van der Waals surface area contributed by atoms with Crippen molar-refractivity contribution in [3.63, 3.8) is 0 Å². The number of aromatic amines is 1. The Labute approximate surface area is 214 Å². The molecule has 10 heteroatoms. The molecule has 1 heterocycles. The maximum atomic E-state index is 13.7.